The number of amides is 1. The average Bonchev–Trinajstić information content (AvgIpc) is 2.64. The molecule has 132 valence electrons. The van der Waals surface area contributed by atoms with Crippen LogP contribution in [0.1, 0.15) is 29.6 Å². The maximum Gasteiger partial charge on any atom is 0.253 e. The van der Waals surface area contributed by atoms with E-state index in [9.17, 15) is 4.79 Å². The third kappa shape index (κ3) is 3.42. The Hall–Kier alpha value is -1.59. The van der Waals surface area contributed by atoms with Crippen LogP contribution in [0.2, 0.25) is 0 Å². The second-order valence-corrected chi connectivity index (χ2v) is 6.86. The van der Waals surface area contributed by atoms with Gasteiger partial charge in [0.1, 0.15) is 5.75 Å². The van der Waals surface area contributed by atoms with E-state index in [1.165, 1.54) is 0 Å². The van der Waals surface area contributed by atoms with Gasteiger partial charge in [-0.25, -0.2) is 0 Å². The lowest BCUT2D eigenvalue weighted by Crippen LogP contribution is -2.50. The number of methoxy groups -OCH3 is 2. The molecule has 0 N–H and O–H groups in total. The molecule has 24 heavy (non-hydrogen) atoms. The summed E-state index contributed by atoms with van der Waals surface area (Å²) in [6.07, 6.45) is 3.13. The van der Waals surface area contributed by atoms with E-state index in [0.717, 1.165) is 57.9 Å². The molecule has 0 aliphatic carbocycles. The van der Waals surface area contributed by atoms with E-state index in [4.69, 9.17) is 14.2 Å². The van der Waals surface area contributed by atoms with Gasteiger partial charge < -0.3 is 19.1 Å². The van der Waals surface area contributed by atoms with E-state index in [2.05, 4.69) is 0 Å². The van der Waals surface area contributed by atoms with Gasteiger partial charge in [0.15, 0.2) is 0 Å². The van der Waals surface area contributed by atoms with Gasteiger partial charge in [-0.3, -0.25) is 4.79 Å². The molecular weight excluding hydrogens is 306 g/mol. The number of ether oxygens (including phenoxy) is 3. The zero-order valence-corrected chi connectivity index (χ0v) is 14.6. The van der Waals surface area contributed by atoms with Crippen LogP contribution in [0.4, 0.5) is 0 Å². The van der Waals surface area contributed by atoms with Gasteiger partial charge in [0, 0.05) is 38.3 Å². The molecule has 2 fully saturated rings. The lowest BCUT2D eigenvalue weighted by Gasteiger charge is -2.48. The molecule has 2 heterocycles. The molecule has 5 heteroatoms. The lowest BCUT2D eigenvalue weighted by atomic mass is 9.66. The minimum Gasteiger partial charge on any atom is -0.497 e. The third-order valence-electron chi connectivity index (χ3n) is 5.66. The number of hydrogen-bond donors (Lipinski definition) is 0. The van der Waals surface area contributed by atoms with Crippen molar-refractivity contribution in [1.82, 2.24) is 4.90 Å². The molecule has 1 aromatic carbocycles. The fraction of sp³-hybridized carbons (Fsp3) is 0.632. The van der Waals surface area contributed by atoms with Crippen LogP contribution in [0.5, 0.6) is 5.75 Å². The molecule has 1 spiro atoms. The highest BCUT2D eigenvalue weighted by atomic mass is 16.5. The van der Waals surface area contributed by atoms with Crippen molar-refractivity contribution < 1.29 is 19.0 Å². The number of hydrogen-bond acceptors (Lipinski definition) is 4. The second kappa shape index (κ2) is 7.53. The van der Waals surface area contributed by atoms with Crippen LogP contribution >= 0.6 is 0 Å². The van der Waals surface area contributed by atoms with E-state index in [1.54, 1.807) is 14.2 Å². The minimum absolute atomic E-state index is 0.0964. The Balaban J connectivity index is 1.66. The van der Waals surface area contributed by atoms with Crippen molar-refractivity contribution in [3.05, 3.63) is 29.8 Å². The van der Waals surface area contributed by atoms with E-state index in [1.807, 2.05) is 29.2 Å². The van der Waals surface area contributed by atoms with Crippen LogP contribution in [0.25, 0.3) is 0 Å². The fourth-order valence-electron chi connectivity index (χ4n) is 4.06. The molecule has 0 aromatic heterocycles. The minimum atomic E-state index is 0.0964. The number of carbonyl (C=O) groups is 1. The first-order chi connectivity index (χ1) is 11.7. The molecule has 1 aromatic rings. The summed E-state index contributed by atoms with van der Waals surface area (Å²) in [5, 5.41) is 0. The van der Waals surface area contributed by atoms with Gasteiger partial charge in [-0.15, -0.1) is 0 Å². The van der Waals surface area contributed by atoms with Crippen molar-refractivity contribution >= 4 is 5.91 Å². The average molecular weight is 333 g/mol. The highest BCUT2D eigenvalue weighted by Crippen LogP contribution is 2.45. The monoisotopic (exact) mass is 333 g/mol. The van der Waals surface area contributed by atoms with Crippen LogP contribution in [-0.4, -0.2) is 57.9 Å². The Morgan fingerprint density at radius 3 is 2.79 bits per heavy atom. The number of nitrogens with zero attached hydrogens (tertiary/aromatic N) is 1. The molecule has 2 aliphatic heterocycles. The Bertz CT molecular complexity index is 564. The van der Waals surface area contributed by atoms with Gasteiger partial charge in [0.05, 0.1) is 20.3 Å². The molecule has 1 amide bonds. The van der Waals surface area contributed by atoms with Gasteiger partial charge in [-0.2, -0.15) is 0 Å². The van der Waals surface area contributed by atoms with Crippen molar-refractivity contribution in [2.45, 2.75) is 19.3 Å². The Labute approximate surface area is 143 Å². The molecule has 0 radical (unpaired) electrons. The standard InChI is InChI=1S/C19H27NO4/c1-22-13-16-14-24-11-8-19(16)6-9-20(10-7-19)18(21)15-4-3-5-17(12-15)23-2/h3-5,12,16H,6-11,13-14H2,1-2H3. The van der Waals surface area contributed by atoms with Crippen molar-refractivity contribution in [2.75, 3.05) is 47.1 Å². The predicted molar refractivity (Wildman–Crippen MR) is 91.4 cm³/mol. The van der Waals surface area contributed by atoms with E-state index in [0.29, 0.717) is 11.5 Å². The Morgan fingerprint density at radius 2 is 2.08 bits per heavy atom. The summed E-state index contributed by atoms with van der Waals surface area (Å²) in [5.74, 6) is 1.25. The Kier molecular flexibility index (Phi) is 5.41. The normalized spacial score (nSPS) is 23.2. The maximum absolute atomic E-state index is 12.8. The van der Waals surface area contributed by atoms with Crippen molar-refractivity contribution in [3.8, 4) is 5.75 Å². The molecule has 1 unspecified atom stereocenters. The number of rotatable bonds is 4. The Morgan fingerprint density at radius 1 is 1.29 bits per heavy atom. The first-order valence-electron chi connectivity index (χ1n) is 8.68. The number of likely N-dealkylation sites (tertiary alicyclic amines) is 1. The largest absolute Gasteiger partial charge is 0.497 e. The zero-order chi connectivity index (χ0) is 17.0. The van der Waals surface area contributed by atoms with Gasteiger partial charge >= 0.3 is 0 Å². The highest BCUT2D eigenvalue weighted by molar-refractivity contribution is 5.94. The van der Waals surface area contributed by atoms with Crippen LogP contribution in [-0.2, 0) is 9.47 Å². The molecule has 5 nitrogen and oxygen atoms in total. The van der Waals surface area contributed by atoms with Crippen LogP contribution in [0.15, 0.2) is 24.3 Å². The van der Waals surface area contributed by atoms with Gasteiger partial charge in [0.25, 0.3) is 5.91 Å². The van der Waals surface area contributed by atoms with Crippen LogP contribution < -0.4 is 4.74 Å². The summed E-state index contributed by atoms with van der Waals surface area (Å²) in [4.78, 5) is 14.7. The van der Waals surface area contributed by atoms with Crippen LogP contribution in [0, 0.1) is 11.3 Å². The van der Waals surface area contributed by atoms with Gasteiger partial charge in [-0.1, -0.05) is 6.07 Å². The first-order valence-corrected chi connectivity index (χ1v) is 8.68. The third-order valence-corrected chi connectivity index (χ3v) is 5.66. The van der Waals surface area contributed by atoms with E-state index in [-0.39, 0.29) is 11.3 Å². The molecular formula is C19H27NO4. The quantitative estimate of drug-likeness (QED) is 0.850. The van der Waals surface area contributed by atoms with E-state index >= 15 is 0 Å². The number of carbonyl (C=O) groups excluding carboxylic acids is 1. The van der Waals surface area contributed by atoms with Gasteiger partial charge in [-0.05, 0) is 42.9 Å². The summed E-state index contributed by atoms with van der Waals surface area (Å²) in [6, 6.07) is 7.40. The number of benzene rings is 1. The predicted octanol–water partition coefficient (Wildman–Crippen LogP) is 2.60. The summed E-state index contributed by atoms with van der Waals surface area (Å²) in [6.45, 7) is 3.94. The highest BCUT2D eigenvalue weighted by Gasteiger charge is 2.44. The van der Waals surface area contributed by atoms with Crippen molar-refractivity contribution in [1.29, 1.82) is 0 Å². The maximum atomic E-state index is 12.8. The summed E-state index contributed by atoms with van der Waals surface area (Å²) in [5.41, 5.74) is 0.963. The summed E-state index contributed by atoms with van der Waals surface area (Å²) in [7, 11) is 3.37. The second-order valence-electron chi connectivity index (χ2n) is 6.86. The van der Waals surface area contributed by atoms with Crippen LogP contribution in [0.3, 0.4) is 0 Å². The first kappa shape index (κ1) is 17.2. The van der Waals surface area contributed by atoms with Crippen molar-refractivity contribution in [3.63, 3.8) is 0 Å². The van der Waals surface area contributed by atoms with Crippen molar-refractivity contribution in [2.24, 2.45) is 11.3 Å². The smallest absolute Gasteiger partial charge is 0.253 e. The summed E-state index contributed by atoms with van der Waals surface area (Å²) < 4.78 is 16.3. The molecule has 1 atom stereocenters. The molecule has 0 saturated carbocycles. The van der Waals surface area contributed by atoms with E-state index < -0.39 is 0 Å². The molecule has 2 saturated heterocycles. The molecule has 3 rings (SSSR count). The number of piperidine rings is 1. The topological polar surface area (TPSA) is 48.0 Å². The van der Waals surface area contributed by atoms with Gasteiger partial charge in [0.2, 0.25) is 0 Å². The molecule has 0 bridgehead atoms. The lowest BCUT2D eigenvalue weighted by molar-refractivity contribution is -0.0912. The fourth-order valence-corrected chi connectivity index (χ4v) is 4.06. The zero-order valence-electron chi connectivity index (χ0n) is 14.6. The molecule has 2 aliphatic rings. The summed E-state index contributed by atoms with van der Waals surface area (Å²) >= 11 is 0. The SMILES string of the molecule is COCC1COCCC12CCN(C(=O)c1cccc(OC)c1)CC2.